The van der Waals surface area contributed by atoms with Gasteiger partial charge in [-0.2, -0.15) is 0 Å². The molecule has 0 bridgehead atoms. The maximum atomic E-state index is 5.96. The molecule has 23 heavy (non-hydrogen) atoms. The Morgan fingerprint density at radius 3 is 2.39 bits per heavy atom. The van der Waals surface area contributed by atoms with Gasteiger partial charge in [0.25, 0.3) is 0 Å². The summed E-state index contributed by atoms with van der Waals surface area (Å²) in [4.78, 5) is 0. The van der Waals surface area contributed by atoms with Crippen molar-refractivity contribution in [1.29, 1.82) is 0 Å². The van der Waals surface area contributed by atoms with Gasteiger partial charge in [-0.25, -0.2) is 0 Å². The van der Waals surface area contributed by atoms with E-state index in [1.807, 2.05) is 48.5 Å². The summed E-state index contributed by atoms with van der Waals surface area (Å²) >= 11 is 0. The van der Waals surface area contributed by atoms with Crippen molar-refractivity contribution in [3.05, 3.63) is 54.1 Å². The summed E-state index contributed by atoms with van der Waals surface area (Å²) in [5.41, 5.74) is 7.09. The molecule has 0 fully saturated rings. The predicted octanol–water partition coefficient (Wildman–Crippen LogP) is 3.61. The molecule has 124 valence electrons. The predicted molar refractivity (Wildman–Crippen MR) is 92.5 cm³/mol. The minimum absolute atomic E-state index is 0.246. The summed E-state index contributed by atoms with van der Waals surface area (Å²) in [6, 6.07) is 15.7. The highest BCUT2D eigenvalue weighted by Crippen LogP contribution is 2.32. The van der Waals surface area contributed by atoms with E-state index in [1.165, 1.54) is 0 Å². The van der Waals surface area contributed by atoms with Crippen LogP contribution in [-0.2, 0) is 0 Å². The van der Waals surface area contributed by atoms with Gasteiger partial charge in [0, 0.05) is 6.07 Å². The van der Waals surface area contributed by atoms with Crippen LogP contribution in [0.2, 0.25) is 0 Å². The smallest absolute Gasteiger partial charge is 0.126 e. The first-order valence-electron chi connectivity index (χ1n) is 7.88. The largest absolute Gasteiger partial charge is 0.497 e. The van der Waals surface area contributed by atoms with Crippen LogP contribution in [0.15, 0.2) is 48.5 Å². The van der Waals surface area contributed by atoms with Crippen molar-refractivity contribution < 1.29 is 14.2 Å². The first-order valence-corrected chi connectivity index (χ1v) is 7.88. The van der Waals surface area contributed by atoms with E-state index in [0.717, 1.165) is 35.7 Å². The van der Waals surface area contributed by atoms with E-state index in [-0.39, 0.29) is 5.92 Å². The fourth-order valence-corrected chi connectivity index (χ4v) is 2.59. The molecule has 1 atom stereocenters. The van der Waals surface area contributed by atoms with Crippen molar-refractivity contribution >= 4 is 0 Å². The number of ether oxygens (including phenoxy) is 3. The molecular formula is C19H25NO3. The van der Waals surface area contributed by atoms with E-state index in [2.05, 4.69) is 0 Å². The van der Waals surface area contributed by atoms with Crippen LogP contribution in [0.4, 0.5) is 0 Å². The standard InChI is InChI=1S/C19H25NO3/c1-21-17-10-11-18(19(13-17)22-2)15(14-20)7-6-12-23-16-8-4-3-5-9-16/h3-5,8-11,13,15H,6-7,12,14,20H2,1-2H3. The SMILES string of the molecule is COc1ccc(C(CN)CCCOc2ccccc2)c(OC)c1. The molecule has 0 aliphatic heterocycles. The Morgan fingerprint density at radius 1 is 0.957 bits per heavy atom. The number of rotatable bonds is 9. The Kier molecular flexibility index (Phi) is 6.76. The molecule has 0 saturated heterocycles. The normalized spacial score (nSPS) is 11.8. The van der Waals surface area contributed by atoms with Crippen LogP contribution in [0.25, 0.3) is 0 Å². The van der Waals surface area contributed by atoms with E-state index in [9.17, 15) is 0 Å². The Bertz CT molecular complexity index is 586. The zero-order valence-corrected chi connectivity index (χ0v) is 13.8. The first kappa shape index (κ1) is 17.2. The average Bonchev–Trinajstić information content (AvgIpc) is 2.62. The van der Waals surface area contributed by atoms with Crippen molar-refractivity contribution in [2.45, 2.75) is 18.8 Å². The molecule has 0 heterocycles. The molecule has 2 N–H and O–H groups in total. The second-order valence-electron chi connectivity index (χ2n) is 5.34. The third kappa shape index (κ3) is 4.89. The van der Waals surface area contributed by atoms with Gasteiger partial charge in [-0.1, -0.05) is 24.3 Å². The molecule has 4 nitrogen and oxygen atoms in total. The third-order valence-electron chi connectivity index (χ3n) is 3.87. The fraction of sp³-hybridized carbons (Fsp3) is 0.368. The van der Waals surface area contributed by atoms with Crippen molar-refractivity contribution in [1.82, 2.24) is 0 Å². The lowest BCUT2D eigenvalue weighted by Crippen LogP contribution is -2.14. The zero-order valence-electron chi connectivity index (χ0n) is 13.8. The van der Waals surface area contributed by atoms with Crippen LogP contribution in [0.5, 0.6) is 17.2 Å². The number of methoxy groups -OCH3 is 2. The summed E-state index contributed by atoms with van der Waals surface area (Å²) in [5.74, 6) is 2.76. The van der Waals surface area contributed by atoms with Gasteiger partial charge in [-0.05, 0) is 49.1 Å². The molecule has 0 aliphatic carbocycles. The highest BCUT2D eigenvalue weighted by Gasteiger charge is 2.15. The van der Waals surface area contributed by atoms with Crippen molar-refractivity contribution in [3.8, 4) is 17.2 Å². The van der Waals surface area contributed by atoms with Crippen LogP contribution >= 0.6 is 0 Å². The van der Waals surface area contributed by atoms with Gasteiger partial charge in [0.05, 0.1) is 20.8 Å². The van der Waals surface area contributed by atoms with Crippen LogP contribution in [-0.4, -0.2) is 27.4 Å². The van der Waals surface area contributed by atoms with Crippen LogP contribution < -0.4 is 19.9 Å². The number of para-hydroxylation sites is 1. The van der Waals surface area contributed by atoms with E-state index < -0.39 is 0 Å². The van der Waals surface area contributed by atoms with E-state index in [0.29, 0.717) is 13.2 Å². The average molecular weight is 315 g/mol. The lowest BCUT2D eigenvalue weighted by atomic mass is 9.93. The molecule has 2 aromatic carbocycles. The monoisotopic (exact) mass is 315 g/mol. The summed E-state index contributed by atoms with van der Waals surface area (Å²) in [6.45, 7) is 1.26. The van der Waals surface area contributed by atoms with Gasteiger partial charge in [0.1, 0.15) is 17.2 Å². The van der Waals surface area contributed by atoms with Crippen molar-refractivity contribution in [3.63, 3.8) is 0 Å². The van der Waals surface area contributed by atoms with E-state index in [1.54, 1.807) is 14.2 Å². The number of hydrogen-bond donors (Lipinski definition) is 1. The molecule has 0 aromatic heterocycles. The third-order valence-corrected chi connectivity index (χ3v) is 3.87. The second kappa shape index (κ2) is 9.06. The lowest BCUT2D eigenvalue weighted by Gasteiger charge is -2.19. The van der Waals surface area contributed by atoms with Crippen molar-refractivity contribution in [2.24, 2.45) is 5.73 Å². The fourth-order valence-electron chi connectivity index (χ4n) is 2.59. The highest BCUT2D eigenvalue weighted by molar-refractivity contribution is 5.42. The summed E-state index contributed by atoms with van der Waals surface area (Å²) in [6.07, 6.45) is 1.89. The van der Waals surface area contributed by atoms with Crippen LogP contribution in [0.3, 0.4) is 0 Å². The Balaban J connectivity index is 1.92. The highest BCUT2D eigenvalue weighted by atomic mass is 16.5. The molecule has 0 aliphatic rings. The van der Waals surface area contributed by atoms with E-state index in [4.69, 9.17) is 19.9 Å². The Labute approximate surface area is 138 Å². The quantitative estimate of drug-likeness (QED) is 0.718. The number of benzene rings is 2. The molecule has 0 amide bonds. The van der Waals surface area contributed by atoms with Crippen LogP contribution in [0, 0.1) is 0 Å². The molecule has 0 saturated carbocycles. The maximum absolute atomic E-state index is 5.96. The molecule has 2 rings (SSSR count). The molecule has 0 spiro atoms. The minimum atomic E-state index is 0.246. The zero-order chi connectivity index (χ0) is 16.5. The summed E-state index contributed by atoms with van der Waals surface area (Å²) < 4.78 is 16.5. The van der Waals surface area contributed by atoms with Gasteiger partial charge in [-0.3, -0.25) is 0 Å². The van der Waals surface area contributed by atoms with Gasteiger partial charge in [0.2, 0.25) is 0 Å². The molecule has 0 radical (unpaired) electrons. The van der Waals surface area contributed by atoms with Gasteiger partial charge in [0.15, 0.2) is 0 Å². The molecular weight excluding hydrogens is 290 g/mol. The summed E-state index contributed by atoms with van der Waals surface area (Å²) in [5, 5.41) is 0. The molecule has 2 aromatic rings. The minimum Gasteiger partial charge on any atom is -0.497 e. The molecule has 4 heteroatoms. The summed E-state index contributed by atoms with van der Waals surface area (Å²) in [7, 11) is 3.32. The Hall–Kier alpha value is -2.20. The first-order chi connectivity index (χ1) is 11.3. The van der Waals surface area contributed by atoms with Gasteiger partial charge < -0.3 is 19.9 Å². The van der Waals surface area contributed by atoms with Crippen LogP contribution in [0.1, 0.15) is 24.3 Å². The van der Waals surface area contributed by atoms with Crippen molar-refractivity contribution in [2.75, 3.05) is 27.4 Å². The van der Waals surface area contributed by atoms with Gasteiger partial charge in [-0.15, -0.1) is 0 Å². The van der Waals surface area contributed by atoms with E-state index >= 15 is 0 Å². The lowest BCUT2D eigenvalue weighted by molar-refractivity contribution is 0.300. The number of nitrogens with two attached hydrogens (primary N) is 1. The molecule has 1 unspecified atom stereocenters. The maximum Gasteiger partial charge on any atom is 0.126 e. The topological polar surface area (TPSA) is 53.7 Å². The number of hydrogen-bond acceptors (Lipinski definition) is 4. The Morgan fingerprint density at radius 2 is 1.74 bits per heavy atom. The second-order valence-corrected chi connectivity index (χ2v) is 5.34. The van der Waals surface area contributed by atoms with Gasteiger partial charge >= 0.3 is 0 Å².